The van der Waals surface area contributed by atoms with Gasteiger partial charge in [-0.05, 0) is 6.42 Å². The number of rotatable bonds is 2. The fourth-order valence-electron chi connectivity index (χ4n) is 1.78. The first-order chi connectivity index (χ1) is 8.54. The molecule has 7 nitrogen and oxygen atoms in total. The molecule has 1 fully saturated rings. The summed E-state index contributed by atoms with van der Waals surface area (Å²) in [4.78, 5) is 36.0. The predicted molar refractivity (Wildman–Crippen MR) is 62.2 cm³/mol. The van der Waals surface area contributed by atoms with Crippen LogP contribution in [0.25, 0.3) is 0 Å². The van der Waals surface area contributed by atoms with E-state index in [0.29, 0.717) is 19.4 Å². The summed E-state index contributed by atoms with van der Waals surface area (Å²) in [6.07, 6.45) is 0.929. The van der Waals surface area contributed by atoms with Gasteiger partial charge in [0.1, 0.15) is 0 Å². The van der Waals surface area contributed by atoms with E-state index < -0.39 is 11.5 Å². The molecule has 1 unspecified atom stereocenters. The maximum Gasteiger partial charge on any atom is 0.251 e. The lowest BCUT2D eigenvalue weighted by Crippen LogP contribution is -2.47. The van der Waals surface area contributed by atoms with E-state index in [9.17, 15) is 19.5 Å². The third kappa shape index (κ3) is 2.88. The summed E-state index contributed by atoms with van der Waals surface area (Å²) in [6, 6.07) is 2.13. The second-order valence-electron chi connectivity index (χ2n) is 4.13. The van der Waals surface area contributed by atoms with Crippen LogP contribution < -0.4 is 16.2 Å². The third-order valence-electron chi connectivity index (χ3n) is 2.69. The summed E-state index contributed by atoms with van der Waals surface area (Å²) in [6.45, 7) is 0.375. The summed E-state index contributed by atoms with van der Waals surface area (Å²) in [5, 5.41) is 14.5. The van der Waals surface area contributed by atoms with Crippen molar-refractivity contribution in [1.82, 2.24) is 15.6 Å². The smallest absolute Gasteiger partial charge is 0.251 e. The minimum Gasteiger partial charge on any atom is -0.494 e. The number of H-pyrrole nitrogens is 1. The average Bonchev–Trinajstić information content (AvgIpc) is 2.31. The Morgan fingerprint density at radius 3 is 2.78 bits per heavy atom. The second-order valence-corrected chi connectivity index (χ2v) is 4.13. The highest BCUT2D eigenvalue weighted by Crippen LogP contribution is 2.07. The Labute approximate surface area is 102 Å². The van der Waals surface area contributed by atoms with Crippen molar-refractivity contribution < 1.29 is 14.7 Å². The molecule has 7 heteroatoms. The number of piperidine rings is 1. The molecule has 0 bridgehead atoms. The summed E-state index contributed by atoms with van der Waals surface area (Å²) < 4.78 is 0. The number of carbonyl (C=O) groups is 2. The summed E-state index contributed by atoms with van der Waals surface area (Å²) in [7, 11) is 0. The van der Waals surface area contributed by atoms with Gasteiger partial charge in [0.25, 0.3) is 11.5 Å². The second kappa shape index (κ2) is 4.91. The van der Waals surface area contributed by atoms with E-state index in [1.54, 1.807) is 0 Å². The molecule has 0 radical (unpaired) electrons. The van der Waals surface area contributed by atoms with Crippen LogP contribution in [-0.2, 0) is 4.79 Å². The number of aromatic amines is 1. The standard InChI is InChI=1S/C11H13N3O4/c15-8-2-1-7(5-12-8)13-11(18)6-3-9(16)14-10(17)4-6/h3-4,7H,1-2,5H2,(H,12,15)(H,13,18)(H2,14,16,17). The minimum atomic E-state index is -0.544. The number of nitrogens with one attached hydrogen (secondary N) is 3. The maximum absolute atomic E-state index is 11.8. The van der Waals surface area contributed by atoms with Crippen molar-refractivity contribution in [3.05, 3.63) is 28.0 Å². The zero-order valence-electron chi connectivity index (χ0n) is 9.53. The SMILES string of the molecule is O=C1CCC(NC(=O)c2cc(O)[nH]c(=O)c2)CN1. The highest BCUT2D eigenvalue weighted by molar-refractivity contribution is 5.94. The van der Waals surface area contributed by atoms with Gasteiger partial charge in [0.05, 0.1) is 5.56 Å². The van der Waals surface area contributed by atoms with Crippen LogP contribution in [0, 0.1) is 0 Å². The number of pyridine rings is 1. The van der Waals surface area contributed by atoms with E-state index in [1.165, 1.54) is 6.07 Å². The van der Waals surface area contributed by atoms with E-state index in [2.05, 4.69) is 15.6 Å². The van der Waals surface area contributed by atoms with E-state index in [4.69, 9.17) is 0 Å². The number of hydrogen-bond acceptors (Lipinski definition) is 4. The van der Waals surface area contributed by atoms with Gasteiger partial charge in [-0.2, -0.15) is 0 Å². The fraction of sp³-hybridized carbons (Fsp3) is 0.364. The number of hydrogen-bond donors (Lipinski definition) is 4. The highest BCUT2D eigenvalue weighted by Gasteiger charge is 2.20. The third-order valence-corrected chi connectivity index (χ3v) is 2.69. The molecule has 0 saturated carbocycles. The van der Waals surface area contributed by atoms with Crippen LogP contribution in [0.5, 0.6) is 5.88 Å². The predicted octanol–water partition coefficient (Wildman–Crippen LogP) is -0.911. The molecule has 1 atom stereocenters. The van der Waals surface area contributed by atoms with Crippen molar-refractivity contribution in [2.45, 2.75) is 18.9 Å². The lowest BCUT2D eigenvalue weighted by atomic mass is 10.1. The molecular weight excluding hydrogens is 238 g/mol. The van der Waals surface area contributed by atoms with Crippen molar-refractivity contribution in [1.29, 1.82) is 0 Å². The molecule has 0 aliphatic carbocycles. The first-order valence-electron chi connectivity index (χ1n) is 5.55. The molecule has 1 aromatic rings. The van der Waals surface area contributed by atoms with E-state index in [-0.39, 0.29) is 23.4 Å². The first kappa shape index (κ1) is 12.2. The van der Waals surface area contributed by atoms with Gasteiger partial charge in [-0.3, -0.25) is 19.4 Å². The van der Waals surface area contributed by atoms with Crippen LogP contribution >= 0.6 is 0 Å². The lowest BCUT2D eigenvalue weighted by molar-refractivity contribution is -0.122. The van der Waals surface area contributed by atoms with Crippen LogP contribution in [0.1, 0.15) is 23.2 Å². The zero-order chi connectivity index (χ0) is 13.1. The zero-order valence-corrected chi connectivity index (χ0v) is 9.53. The minimum absolute atomic E-state index is 0.0331. The maximum atomic E-state index is 11.8. The molecule has 96 valence electrons. The highest BCUT2D eigenvalue weighted by atomic mass is 16.3. The molecule has 2 heterocycles. The average molecular weight is 251 g/mol. The molecule has 1 saturated heterocycles. The molecule has 2 rings (SSSR count). The normalized spacial score (nSPS) is 19.1. The Morgan fingerprint density at radius 1 is 1.39 bits per heavy atom. The van der Waals surface area contributed by atoms with Gasteiger partial charge < -0.3 is 15.7 Å². The van der Waals surface area contributed by atoms with Crippen LogP contribution in [-0.4, -0.2) is 34.5 Å². The molecule has 2 amide bonds. The van der Waals surface area contributed by atoms with Gasteiger partial charge in [0.15, 0.2) is 5.88 Å². The molecular formula is C11H13N3O4. The van der Waals surface area contributed by atoms with Gasteiger partial charge in [-0.15, -0.1) is 0 Å². The number of carbonyl (C=O) groups excluding carboxylic acids is 2. The molecule has 0 spiro atoms. The Hall–Kier alpha value is -2.31. The quantitative estimate of drug-likeness (QED) is 0.545. The van der Waals surface area contributed by atoms with Crippen molar-refractivity contribution in [2.75, 3.05) is 6.54 Å². The van der Waals surface area contributed by atoms with Gasteiger partial charge in [0.2, 0.25) is 5.91 Å². The van der Waals surface area contributed by atoms with Crippen molar-refractivity contribution >= 4 is 11.8 Å². The van der Waals surface area contributed by atoms with Gasteiger partial charge in [0, 0.05) is 31.1 Å². The van der Waals surface area contributed by atoms with Crippen LogP contribution in [0.15, 0.2) is 16.9 Å². The van der Waals surface area contributed by atoms with Crippen LogP contribution in [0.4, 0.5) is 0 Å². The largest absolute Gasteiger partial charge is 0.494 e. The molecule has 4 N–H and O–H groups in total. The van der Waals surface area contributed by atoms with E-state index in [1.807, 2.05) is 0 Å². The van der Waals surface area contributed by atoms with Crippen molar-refractivity contribution in [2.24, 2.45) is 0 Å². The molecule has 1 aromatic heterocycles. The Kier molecular flexibility index (Phi) is 3.31. The molecule has 0 aromatic carbocycles. The van der Waals surface area contributed by atoms with E-state index >= 15 is 0 Å². The monoisotopic (exact) mass is 251 g/mol. The topological polar surface area (TPSA) is 111 Å². The number of aromatic nitrogens is 1. The van der Waals surface area contributed by atoms with Crippen LogP contribution in [0.2, 0.25) is 0 Å². The summed E-state index contributed by atoms with van der Waals surface area (Å²) in [5.74, 6) is -0.837. The van der Waals surface area contributed by atoms with Gasteiger partial charge in [-0.1, -0.05) is 0 Å². The lowest BCUT2D eigenvalue weighted by Gasteiger charge is -2.23. The number of aromatic hydroxyl groups is 1. The molecule has 1 aliphatic heterocycles. The van der Waals surface area contributed by atoms with Crippen molar-refractivity contribution in [3.8, 4) is 5.88 Å². The Morgan fingerprint density at radius 2 is 2.17 bits per heavy atom. The van der Waals surface area contributed by atoms with Gasteiger partial charge >= 0.3 is 0 Å². The Balaban J connectivity index is 2.03. The molecule has 1 aliphatic rings. The number of amides is 2. The molecule has 18 heavy (non-hydrogen) atoms. The first-order valence-corrected chi connectivity index (χ1v) is 5.55. The van der Waals surface area contributed by atoms with Crippen LogP contribution in [0.3, 0.4) is 0 Å². The summed E-state index contributed by atoms with van der Waals surface area (Å²) in [5.41, 5.74) is -0.453. The van der Waals surface area contributed by atoms with Crippen molar-refractivity contribution in [3.63, 3.8) is 0 Å². The summed E-state index contributed by atoms with van der Waals surface area (Å²) >= 11 is 0. The Bertz CT molecular complexity index is 527. The van der Waals surface area contributed by atoms with Gasteiger partial charge in [-0.25, -0.2) is 0 Å². The fourth-order valence-corrected chi connectivity index (χ4v) is 1.78. The van der Waals surface area contributed by atoms with E-state index in [0.717, 1.165) is 6.07 Å².